The van der Waals surface area contributed by atoms with Crippen LogP contribution in [-0.2, 0) is 19.0 Å². The number of rotatable bonds is 7. The number of ether oxygens (including phenoxy) is 3. The van der Waals surface area contributed by atoms with Crippen LogP contribution in [0.1, 0.15) is 27.7 Å². The Bertz CT molecular complexity index is 230. The van der Waals surface area contributed by atoms with E-state index in [1.807, 2.05) is 13.8 Å². The van der Waals surface area contributed by atoms with Gasteiger partial charge in [-0.2, -0.15) is 0 Å². The minimum Gasteiger partial charge on any atom is -0.433 e. The molecule has 0 aromatic carbocycles. The number of carbonyl (C=O) groups excluding carboxylic acids is 1. The molecule has 0 aliphatic rings. The van der Waals surface area contributed by atoms with E-state index in [1.165, 1.54) is 0 Å². The number of hydrogen-bond acceptors (Lipinski definition) is 5. The summed E-state index contributed by atoms with van der Waals surface area (Å²) in [5.74, 6) is -0.528. The summed E-state index contributed by atoms with van der Waals surface area (Å²) in [4.78, 5) is 10.9. The average molecular weight is 231 g/mol. The maximum absolute atomic E-state index is 10.9. The fourth-order valence-corrected chi connectivity index (χ4v) is 0.968. The topological polar surface area (TPSA) is 70.8 Å². The first-order valence-electron chi connectivity index (χ1n) is 5.26. The Morgan fingerprint density at radius 1 is 1.19 bits per heavy atom. The molecule has 2 N–H and O–H groups in total. The summed E-state index contributed by atoms with van der Waals surface area (Å²) < 4.78 is 15.5. The minimum absolute atomic E-state index is 0.0860. The van der Waals surface area contributed by atoms with E-state index in [9.17, 15) is 4.79 Å². The fourth-order valence-electron chi connectivity index (χ4n) is 0.968. The highest BCUT2D eigenvalue weighted by molar-refractivity contribution is 5.81. The zero-order chi connectivity index (χ0) is 12.7. The van der Waals surface area contributed by atoms with Gasteiger partial charge in [0.2, 0.25) is 6.29 Å². The first kappa shape index (κ1) is 15.1. The maximum Gasteiger partial charge on any atom is 0.332 e. The second kappa shape index (κ2) is 7.38. The molecule has 0 saturated carbocycles. The maximum atomic E-state index is 10.9. The van der Waals surface area contributed by atoms with E-state index in [2.05, 4.69) is 6.58 Å². The van der Waals surface area contributed by atoms with Crippen molar-refractivity contribution in [3.63, 3.8) is 0 Å². The van der Waals surface area contributed by atoms with E-state index in [0.29, 0.717) is 0 Å². The fraction of sp³-hybridized carbons (Fsp3) is 0.727. The molecule has 4 atom stereocenters. The molecular weight excluding hydrogens is 210 g/mol. The summed E-state index contributed by atoms with van der Waals surface area (Å²) in [7, 11) is 0. The molecule has 0 bridgehead atoms. The molecule has 0 fully saturated rings. The molecule has 4 unspecified atom stereocenters. The lowest BCUT2D eigenvalue weighted by molar-refractivity contribution is -0.238. The average Bonchev–Trinajstić information content (AvgIpc) is 2.16. The molecule has 0 heterocycles. The van der Waals surface area contributed by atoms with Crippen molar-refractivity contribution in [1.82, 2.24) is 0 Å². The smallest absolute Gasteiger partial charge is 0.332 e. The Morgan fingerprint density at radius 2 is 1.75 bits per heavy atom. The Kier molecular flexibility index (Phi) is 6.96. The third-order valence-electron chi connectivity index (χ3n) is 1.98. The van der Waals surface area contributed by atoms with Crippen LogP contribution in [0.2, 0.25) is 0 Å². The van der Waals surface area contributed by atoms with Gasteiger partial charge in [0.1, 0.15) is 0 Å². The standard InChI is InChI=1S/C11H21NO4/c1-6-11(13)16-10(5)15-9(4)14-8(3)7(2)12/h6-10H,1,12H2,2-5H3. The van der Waals surface area contributed by atoms with Gasteiger partial charge in [0.05, 0.1) is 6.10 Å². The predicted octanol–water partition coefficient (Wildman–Crippen LogP) is 1.18. The highest BCUT2D eigenvalue weighted by Crippen LogP contribution is 2.06. The molecule has 0 aromatic heterocycles. The first-order valence-corrected chi connectivity index (χ1v) is 5.26. The van der Waals surface area contributed by atoms with E-state index < -0.39 is 18.5 Å². The second-order valence-electron chi connectivity index (χ2n) is 3.61. The van der Waals surface area contributed by atoms with Crippen LogP contribution < -0.4 is 5.73 Å². The summed E-state index contributed by atoms with van der Waals surface area (Å²) in [5, 5.41) is 0. The van der Waals surface area contributed by atoms with Gasteiger partial charge >= 0.3 is 5.97 Å². The molecule has 94 valence electrons. The summed E-state index contributed by atoms with van der Waals surface area (Å²) in [5.41, 5.74) is 5.64. The molecule has 5 nitrogen and oxygen atoms in total. The Morgan fingerprint density at radius 3 is 2.19 bits per heavy atom. The monoisotopic (exact) mass is 231 g/mol. The van der Waals surface area contributed by atoms with Crippen molar-refractivity contribution in [3.05, 3.63) is 12.7 Å². The molecule has 0 spiro atoms. The molecule has 0 aliphatic heterocycles. The second-order valence-corrected chi connectivity index (χ2v) is 3.61. The van der Waals surface area contributed by atoms with Gasteiger partial charge in [-0.1, -0.05) is 6.58 Å². The van der Waals surface area contributed by atoms with Gasteiger partial charge in [0, 0.05) is 12.1 Å². The SMILES string of the molecule is C=CC(=O)OC(C)OC(C)OC(C)C(C)N. The van der Waals surface area contributed by atoms with Crippen molar-refractivity contribution in [2.24, 2.45) is 5.73 Å². The molecule has 0 saturated heterocycles. The van der Waals surface area contributed by atoms with E-state index >= 15 is 0 Å². The molecule has 0 aliphatic carbocycles. The molecule has 0 radical (unpaired) electrons. The van der Waals surface area contributed by atoms with Crippen molar-refractivity contribution in [2.45, 2.75) is 52.4 Å². The summed E-state index contributed by atoms with van der Waals surface area (Å²) >= 11 is 0. The number of nitrogens with two attached hydrogens (primary N) is 1. The highest BCUT2D eigenvalue weighted by atomic mass is 16.8. The highest BCUT2D eigenvalue weighted by Gasteiger charge is 2.16. The zero-order valence-electron chi connectivity index (χ0n) is 10.3. The van der Waals surface area contributed by atoms with E-state index in [4.69, 9.17) is 19.9 Å². The van der Waals surface area contributed by atoms with E-state index in [-0.39, 0.29) is 12.1 Å². The van der Waals surface area contributed by atoms with Gasteiger partial charge in [-0.25, -0.2) is 4.79 Å². The van der Waals surface area contributed by atoms with Gasteiger partial charge < -0.3 is 19.9 Å². The first-order chi connectivity index (χ1) is 7.36. The van der Waals surface area contributed by atoms with Gasteiger partial charge in [-0.05, 0) is 27.7 Å². The Hall–Kier alpha value is -0.910. The normalized spacial score (nSPS) is 18.3. The van der Waals surface area contributed by atoms with Crippen molar-refractivity contribution in [3.8, 4) is 0 Å². The van der Waals surface area contributed by atoms with Gasteiger partial charge in [-0.3, -0.25) is 0 Å². The van der Waals surface area contributed by atoms with Crippen LogP contribution in [0.15, 0.2) is 12.7 Å². The largest absolute Gasteiger partial charge is 0.433 e. The lowest BCUT2D eigenvalue weighted by atomic mass is 10.2. The predicted molar refractivity (Wildman–Crippen MR) is 60.5 cm³/mol. The van der Waals surface area contributed by atoms with Crippen LogP contribution >= 0.6 is 0 Å². The van der Waals surface area contributed by atoms with Crippen molar-refractivity contribution >= 4 is 5.97 Å². The number of hydrogen-bond donors (Lipinski definition) is 1. The van der Waals surface area contributed by atoms with Crippen LogP contribution in [0.3, 0.4) is 0 Å². The molecular formula is C11H21NO4. The summed E-state index contributed by atoms with van der Waals surface area (Å²) in [6.45, 7) is 10.3. The summed E-state index contributed by atoms with van der Waals surface area (Å²) in [6, 6.07) is -0.0860. The van der Waals surface area contributed by atoms with Crippen LogP contribution in [-0.4, -0.2) is 30.7 Å². The zero-order valence-corrected chi connectivity index (χ0v) is 10.3. The van der Waals surface area contributed by atoms with Gasteiger partial charge in [0.15, 0.2) is 6.29 Å². The van der Waals surface area contributed by atoms with Crippen molar-refractivity contribution < 1.29 is 19.0 Å². The van der Waals surface area contributed by atoms with Crippen LogP contribution in [0.25, 0.3) is 0 Å². The van der Waals surface area contributed by atoms with Crippen LogP contribution in [0.5, 0.6) is 0 Å². The van der Waals surface area contributed by atoms with Crippen molar-refractivity contribution in [2.75, 3.05) is 0 Å². The third kappa shape index (κ3) is 6.55. The lowest BCUT2D eigenvalue weighted by Crippen LogP contribution is -2.36. The van der Waals surface area contributed by atoms with Gasteiger partial charge in [0.25, 0.3) is 0 Å². The number of esters is 1. The molecule has 16 heavy (non-hydrogen) atoms. The Labute approximate surface area is 96.5 Å². The molecule has 0 amide bonds. The summed E-state index contributed by atoms with van der Waals surface area (Å²) in [6.07, 6.45) is -0.220. The van der Waals surface area contributed by atoms with E-state index in [1.54, 1.807) is 13.8 Å². The van der Waals surface area contributed by atoms with E-state index in [0.717, 1.165) is 6.08 Å². The minimum atomic E-state index is -0.680. The molecule has 5 heteroatoms. The van der Waals surface area contributed by atoms with Crippen LogP contribution in [0, 0.1) is 0 Å². The lowest BCUT2D eigenvalue weighted by Gasteiger charge is -2.24. The Balaban J connectivity index is 3.90. The molecule has 0 aromatic rings. The molecule has 0 rings (SSSR count). The number of carbonyl (C=O) groups is 1. The van der Waals surface area contributed by atoms with Gasteiger partial charge in [-0.15, -0.1) is 0 Å². The van der Waals surface area contributed by atoms with Crippen LogP contribution in [0.4, 0.5) is 0 Å². The van der Waals surface area contributed by atoms with Crippen molar-refractivity contribution in [1.29, 1.82) is 0 Å². The third-order valence-corrected chi connectivity index (χ3v) is 1.98. The quantitative estimate of drug-likeness (QED) is 0.404.